The van der Waals surface area contributed by atoms with Crippen LogP contribution in [0.2, 0.25) is 0 Å². The van der Waals surface area contributed by atoms with Crippen molar-refractivity contribution in [3.63, 3.8) is 0 Å². The van der Waals surface area contributed by atoms with E-state index in [4.69, 9.17) is 0 Å². The summed E-state index contributed by atoms with van der Waals surface area (Å²) in [5.74, 6) is 0.347. The monoisotopic (exact) mass is 214 g/mol. The largest absolute Gasteiger partial charge is 0.469 e. The number of allylic oxidation sites excluding steroid dienone is 2. The molecule has 1 atom stereocenters. The Morgan fingerprint density at radius 1 is 1.53 bits per heavy atom. The second kappa shape index (κ2) is 6.59. The van der Waals surface area contributed by atoms with Gasteiger partial charge in [-0.25, -0.2) is 4.39 Å². The van der Waals surface area contributed by atoms with Gasteiger partial charge < -0.3 is 4.74 Å². The molecule has 2 nitrogen and oxygen atoms in total. The Labute approximate surface area is 90.5 Å². The maximum absolute atomic E-state index is 12.7. The highest BCUT2D eigenvalue weighted by atomic mass is 19.1. The topological polar surface area (TPSA) is 26.3 Å². The number of carbonyl (C=O) groups excluding carboxylic acids is 1. The summed E-state index contributed by atoms with van der Waals surface area (Å²) in [7, 11) is 1.41. The zero-order valence-corrected chi connectivity index (χ0v) is 9.30. The molecule has 0 saturated carbocycles. The first-order valence-electron chi connectivity index (χ1n) is 5.65. The Hall–Kier alpha value is -0.860. The van der Waals surface area contributed by atoms with Gasteiger partial charge in [-0.1, -0.05) is 12.8 Å². The minimum atomic E-state index is -0.137. The molecule has 0 bridgehead atoms. The summed E-state index contributed by atoms with van der Waals surface area (Å²) in [6.07, 6.45) is 7.87. The van der Waals surface area contributed by atoms with E-state index in [-0.39, 0.29) is 11.8 Å². The second-order valence-electron chi connectivity index (χ2n) is 4.09. The van der Waals surface area contributed by atoms with E-state index < -0.39 is 0 Å². The van der Waals surface area contributed by atoms with Crippen LogP contribution in [0, 0.1) is 5.92 Å². The molecule has 15 heavy (non-hydrogen) atoms. The van der Waals surface area contributed by atoms with Gasteiger partial charge in [-0.05, 0) is 37.7 Å². The number of methoxy groups -OCH3 is 1. The Balaban J connectivity index is 1.96. The predicted octanol–water partition coefficient (Wildman–Crippen LogP) is 3.37. The Bertz CT molecular complexity index is 236. The van der Waals surface area contributed by atoms with Crippen LogP contribution in [-0.4, -0.2) is 13.1 Å². The van der Waals surface area contributed by atoms with Crippen LogP contribution in [-0.2, 0) is 9.53 Å². The minimum Gasteiger partial charge on any atom is -0.469 e. The lowest BCUT2D eigenvalue weighted by Gasteiger charge is -2.05. The summed E-state index contributed by atoms with van der Waals surface area (Å²) in [5.41, 5.74) is 0. The van der Waals surface area contributed by atoms with Crippen molar-refractivity contribution in [2.24, 2.45) is 5.92 Å². The third-order valence-electron chi connectivity index (χ3n) is 2.85. The van der Waals surface area contributed by atoms with E-state index >= 15 is 0 Å². The Morgan fingerprint density at radius 2 is 2.33 bits per heavy atom. The zero-order chi connectivity index (χ0) is 11.1. The average molecular weight is 214 g/mol. The van der Waals surface area contributed by atoms with Crippen molar-refractivity contribution in [2.45, 2.75) is 44.9 Å². The van der Waals surface area contributed by atoms with E-state index in [9.17, 15) is 9.18 Å². The van der Waals surface area contributed by atoms with Crippen molar-refractivity contribution in [3.05, 3.63) is 11.9 Å². The number of carbonyl (C=O) groups is 1. The summed E-state index contributed by atoms with van der Waals surface area (Å²) >= 11 is 0. The maximum Gasteiger partial charge on any atom is 0.305 e. The number of hydrogen-bond donors (Lipinski definition) is 0. The lowest BCUT2D eigenvalue weighted by molar-refractivity contribution is -0.140. The van der Waals surface area contributed by atoms with Gasteiger partial charge in [0.15, 0.2) is 0 Å². The highest BCUT2D eigenvalue weighted by Gasteiger charge is 2.14. The summed E-state index contributed by atoms with van der Waals surface area (Å²) in [6, 6.07) is 0. The van der Waals surface area contributed by atoms with E-state index in [1.165, 1.54) is 7.11 Å². The molecule has 3 heteroatoms. The molecule has 0 amide bonds. The Morgan fingerprint density at radius 3 is 2.93 bits per heavy atom. The van der Waals surface area contributed by atoms with Crippen molar-refractivity contribution in [1.82, 2.24) is 0 Å². The van der Waals surface area contributed by atoms with Gasteiger partial charge in [0.25, 0.3) is 0 Å². The van der Waals surface area contributed by atoms with Gasteiger partial charge in [-0.2, -0.15) is 0 Å². The summed E-state index contributed by atoms with van der Waals surface area (Å²) in [5, 5.41) is 0. The summed E-state index contributed by atoms with van der Waals surface area (Å²) < 4.78 is 17.2. The van der Waals surface area contributed by atoms with Gasteiger partial charge in [0.1, 0.15) is 0 Å². The predicted molar refractivity (Wildman–Crippen MR) is 57.0 cm³/mol. The molecular formula is C12H19FO2. The molecular weight excluding hydrogens is 195 g/mol. The summed E-state index contributed by atoms with van der Waals surface area (Å²) in [4.78, 5) is 10.8. The molecule has 0 aromatic rings. The first-order chi connectivity index (χ1) is 7.22. The third kappa shape index (κ3) is 4.96. The van der Waals surface area contributed by atoms with Crippen LogP contribution in [0.4, 0.5) is 4.39 Å². The number of halogens is 1. The fraction of sp³-hybridized carbons (Fsp3) is 0.750. The first-order valence-corrected chi connectivity index (χ1v) is 5.65. The maximum atomic E-state index is 12.7. The van der Waals surface area contributed by atoms with Crippen LogP contribution in [0.25, 0.3) is 0 Å². The molecule has 1 unspecified atom stereocenters. The van der Waals surface area contributed by atoms with Gasteiger partial charge in [0.05, 0.1) is 12.9 Å². The van der Waals surface area contributed by atoms with Crippen molar-refractivity contribution < 1.29 is 13.9 Å². The van der Waals surface area contributed by atoms with Crippen molar-refractivity contribution >= 4 is 5.97 Å². The van der Waals surface area contributed by atoms with Gasteiger partial charge in [-0.15, -0.1) is 0 Å². The van der Waals surface area contributed by atoms with E-state index in [0.29, 0.717) is 18.8 Å². The van der Waals surface area contributed by atoms with E-state index in [2.05, 4.69) is 4.74 Å². The molecule has 0 fully saturated rings. The fourth-order valence-corrected chi connectivity index (χ4v) is 1.93. The molecule has 0 N–H and O–H groups in total. The fourth-order valence-electron chi connectivity index (χ4n) is 1.93. The molecule has 1 rings (SSSR count). The van der Waals surface area contributed by atoms with Gasteiger partial charge in [-0.3, -0.25) is 4.79 Å². The first kappa shape index (κ1) is 12.2. The molecule has 0 spiro atoms. The highest BCUT2D eigenvalue weighted by molar-refractivity contribution is 5.68. The molecule has 86 valence electrons. The lowest BCUT2D eigenvalue weighted by atomic mass is 10.0. The van der Waals surface area contributed by atoms with Crippen LogP contribution in [0.15, 0.2) is 11.9 Å². The number of ether oxygens (including phenoxy) is 1. The smallest absolute Gasteiger partial charge is 0.305 e. The normalized spacial score (nSPS) is 20.1. The quantitative estimate of drug-likeness (QED) is 0.500. The molecule has 0 aromatic carbocycles. The van der Waals surface area contributed by atoms with Gasteiger partial charge in [0.2, 0.25) is 0 Å². The molecule has 1 aliphatic carbocycles. The zero-order valence-electron chi connectivity index (χ0n) is 9.30. The standard InChI is InChI=1S/C12H19FO2/c1-15-12(14)6-4-2-3-5-10-7-8-11(13)9-10/h9-10H,2-8H2,1H3. The average Bonchev–Trinajstić information content (AvgIpc) is 2.63. The van der Waals surface area contributed by atoms with Crippen molar-refractivity contribution in [1.29, 1.82) is 0 Å². The second-order valence-corrected chi connectivity index (χ2v) is 4.09. The highest BCUT2D eigenvalue weighted by Crippen LogP contribution is 2.28. The van der Waals surface area contributed by atoms with Crippen molar-refractivity contribution in [2.75, 3.05) is 7.11 Å². The van der Waals surface area contributed by atoms with Gasteiger partial charge >= 0.3 is 5.97 Å². The number of esters is 1. The van der Waals surface area contributed by atoms with E-state index in [1.54, 1.807) is 6.08 Å². The molecule has 0 radical (unpaired) electrons. The van der Waals surface area contributed by atoms with Crippen LogP contribution < -0.4 is 0 Å². The van der Waals surface area contributed by atoms with E-state index in [0.717, 1.165) is 32.1 Å². The van der Waals surface area contributed by atoms with Crippen LogP contribution in [0.5, 0.6) is 0 Å². The molecule has 0 aromatic heterocycles. The number of rotatable bonds is 6. The molecule has 1 aliphatic rings. The van der Waals surface area contributed by atoms with Crippen LogP contribution >= 0.6 is 0 Å². The number of unbranched alkanes of at least 4 members (excludes halogenated alkanes) is 2. The Kier molecular flexibility index (Phi) is 5.37. The number of hydrogen-bond acceptors (Lipinski definition) is 2. The third-order valence-corrected chi connectivity index (χ3v) is 2.85. The minimum absolute atomic E-state index is 0.0505. The van der Waals surface area contributed by atoms with Crippen LogP contribution in [0.3, 0.4) is 0 Å². The SMILES string of the molecule is COC(=O)CCCCCC1C=C(F)CC1. The van der Waals surface area contributed by atoms with Crippen LogP contribution in [0.1, 0.15) is 44.9 Å². The molecule has 0 aliphatic heterocycles. The van der Waals surface area contributed by atoms with Crippen molar-refractivity contribution in [3.8, 4) is 0 Å². The lowest BCUT2D eigenvalue weighted by Crippen LogP contribution is -1.99. The van der Waals surface area contributed by atoms with Gasteiger partial charge in [0, 0.05) is 6.42 Å². The molecule has 0 saturated heterocycles. The summed E-state index contributed by atoms with van der Waals surface area (Å²) in [6.45, 7) is 0. The molecule has 0 heterocycles. The van der Waals surface area contributed by atoms with E-state index in [1.807, 2.05) is 0 Å².